The SMILES string of the molecule is CC[C@@H](C)NC(=O)[C@@H](Cc1ccccc1)N(Cc1cccc(OC)c1)C(=O)CN(c1ccc(OC)cc1OC)S(C)(=O)=O. The van der Waals surface area contributed by atoms with E-state index in [2.05, 4.69) is 5.32 Å². The molecule has 0 saturated heterocycles. The molecule has 3 aromatic rings. The first-order valence-electron chi connectivity index (χ1n) is 14.0. The predicted molar refractivity (Wildman–Crippen MR) is 167 cm³/mol. The van der Waals surface area contributed by atoms with Gasteiger partial charge in [0.25, 0.3) is 0 Å². The minimum atomic E-state index is -3.97. The Morgan fingerprint density at radius 3 is 2.12 bits per heavy atom. The van der Waals surface area contributed by atoms with Gasteiger partial charge in [-0.15, -0.1) is 0 Å². The summed E-state index contributed by atoms with van der Waals surface area (Å²) in [5, 5.41) is 3.02. The zero-order valence-electron chi connectivity index (χ0n) is 25.6. The molecule has 0 aliphatic rings. The van der Waals surface area contributed by atoms with Crippen molar-refractivity contribution in [1.29, 1.82) is 0 Å². The van der Waals surface area contributed by atoms with E-state index in [-0.39, 0.29) is 36.4 Å². The highest BCUT2D eigenvalue weighted by atomic mass is 32.2. The van der Waals surface area contributed by atoms with Crippen molar-refractivity contribution in [3.63, 3.8) is 0 Å². The number of hydrogen-bond acceptors (Lipinski definition) is 7. The van der Waals surface area contributed by atoms with Gasteiger partial charge in [0.1, 0.15) is 29.8 Å². The summed E-state index contributed by atoms with van der Waals surface area (Å²) < 4.78 is 43.3. The van der Waals surface area contributed by atoms with Gasteiger partial charge in [0, 0.05) is 25.1 Å². The molecule has 1 N–H and O–H groups in total. The van der Waals surface area contributed by atoms with Gasteiger partial charge >= 0.3 is 0 Å². The first-order chi connectivity index (χ1) is 20.5. The summed E-state index contributed by atoms with van der Waals surface area (Å²) in [6.07, 6.45) is 1.95. The van der Waals surface area contributed by atoms with Gasteiger partial charge in [-0.1, -0.05) is 49.4 Å². The average Bonchev–Trinajstić information content (AvgIpc) is 3.01. The molecular weight excluding hydrogens is 570 g/mol. The quantitative estimate of drug-likeness (QED) is 0.276. The molecule has 0 saturated carbocycles. The second-order valence-corrected chi connectivity index (χ2v) is 12.1. The van der Waals surface area contributed by atoms with E-state index < -0.39 is 28.5 Å². The summed E-state index contributed by atoms with van der Waals surface area (Å²) in [4.78, 5) is 29.5. The number of rotatable bonds is 15. The van der Waals surface area contributed by atoms with Crippen LogP contribution in [0.3, 0.4) is 0 Å². The Morgan fingerprint density at radius 2 is 1.51 bits per heavy atom. The molecule has 232 valence electrons. The number of methoxy groups -OCH3 is 3. The van der Waals surface area contributed by atoms with Gasteiger partial charge in [-0.05, 0) is 48.7 Å². The minimum Gasteiger partial charge on any atom is -0.497 e. The Hall–Kier alpha value is -4.25. The van der Waals surface area contributed by atoms with Gasteiger partial charge < -0.3 is 24.4 Å². The topological polar surface area (TPSA) is 114 Å². The molecule has 0 aliphatic carbocycles. The molecule has 0 radical (unpaired) electrons. The lowest BCUT2D eigenvalue weighted by molar-refractivity contribution is -0.140. The number of benzene rings is 3. The second kappa shape index (κ2) is 15.3. The molecule has 3 rings (SSSR count). The third-order valence-corrected chi connectivity index (χ3v) is 8.22. The van der Waals surface area contributed by atoms with Crippen LogP contribution in [0.25, 0.3) is 0 Å². The van der Waals surface area contributed by atoms with Crippen LogP contribution < -0.4 is 23.8 Å². The molecular formula is C32H41N3O7S. The molecule has 2 atom stereocenters. The van der Waals surface area contributed by atoms with Crippen molar-refractivity contribution in [2.45, 2.75) is 45.3 Å². The maximum atomic E-state index is 14.3. The summed E-state index contributed by atoms with van der Waals surface area (Å²) in [5.41, 5.74) is 1.74. The Balaban J connectivity index is 2.11. The number of ether oxygens (including phenoxy) is 3. The van der Waals surface area contributed by atoms with Crippen molar-refractivity contribution in [3.8, 4) is 17.2 Å². The zero-order valence-corrected chi connectivity index (χ0v) is 26.4. The van der Waals surface area contributed by atoms with Crippen LogP contribution in [0.15, 0.2) is 72.8 Å². The molecule has 0 aliphatic heterocycles. The van der Waals surface area contributed by atoms with E-state index in [1.54, 1.807) is 37.4 Å². The minimum absolute atomic E-state index is 0.0405. The molecule has 0 heterocycles. The highest BCUT2D eigenvalue weighted by Crippen LogP contribution is 2.34. The van der Waals surface area contributed by atoms with Gasteiger partial charge in [-0.2, -0.15) is 0 Å². The standard InChI is InChI=1S/C32H41N3O7S/c1-7-23(2)33-32(37)29(19-24-12-9-8-10-13-24)34(21-25-14-11-15-26(18-25)40-3)31(36)22-35(43(6,38)39)28-17-16-27(41-4)20-30(28)42-5/h8-18,20,23,29H,7,19,21-22H2,1-6H3,(H,33,37)/t23-,29-/m1/s1. The third kappa shape index (κ3) is 9.12. The Morgan fingerprint density at radius 1 is 0.860 bits per heavy atom. The van der Waals surface area contributed by atoms with Crippen LogP contribution in [0.1, 0.15) is 31.4 Å². The number of nitrogens with one attached hydrogen (secondary N) is 1. The number of carbonyl (C=O) groups excluding carboxylic acids is 2. The molecule has 0 unspecified atom stereocenters. The largest absolute Gasteiger partial charge is 0.497 e. The lowest BCUT2D eigenvalue weighted by Gasteiger charge is -2.34. The van der Waals surface area contributed by atoms with E-state index in [9.17, 15) is 18.0 Å². The third-order valence-electron chi connectivity index (χ3n) is 7.09. The van der Waals surface area contributed by atoms with Crippen LogP contribution in [-0.4, -0.2) is 71.3 Å². The van der Waals surface area contributed by atoms with E-state index in [1.807, 2.05) is 50.2 Å². The Labute approximate surface area is 254 Å². The van der Waals surface area contributed by atoms with Crippen molar-refractivity contribution in [2.24, 2.45) is 0 Å². The maximum absolute atomic E-state index is 14.3. The highest BCUT2D eigenvalue weighted by Gasteiger charge is 2.34. The number of amides is 2. The number of hydrogen-bond donors (Lipinski definition) is 1. The fourth-order valence-corrected chi connectivity index (χ4v) is 5.40. The van der Waals surface area contributed by atoms with Gasteiger partial charge in [0.15, 0.2) is 0 Å². The van der Waals surface area contributed by atoms with E-state index >= 15 is 0 Å². The number of anilines is 1. The molecule has 11 heteroatoms. The average molecular weight is 612 g/mol. The van der Waals surface area contributed by atoms with Crippen LogP contribution in [-0.2, 0) is 32.6 Å². The van der Waals surface area contributed by atoms with Crippen LogP contribution in [0, 0.1) is 0 Å². The van der Waals surface area contributed by atoms with Gasteiger partial charge in [0.05, 0.1) is 33.3 Å². The fourth-order valence-electron chi connectivity index (χ4n) is 4.55. The van der Waals surface area contributed by atoms with E-state index in [4.69, 9.17) is 14.2 Å². The van der Waals surface area contributed by atoms with E-state index in [0.29, 0.717) is 17.9 Å². The first kappa shape index (κ1) is 33.3. The van der Waals surface area contributed by atoms with Crippen molar-refractivity contribution >= 4 is 27.5 Å². The Kier molecular flexibility index (Phi) is 11.8. The number of sulfonamides is 1. The number of nitrogens with zero attached hydrogens (tertiary/aromatic N) is 2. The summed E-state index contributed by atoms with van der Waals surface area (Å²) >= 11 is 0. The molecule has 0 bridgehead atoms. The fraction of sp³-hybridized carbons (Fsp3) is 0.375. The highest BCUT2D eigenvalue weighted by molar-refractivity contribution is 7.92. The lowest BCUT2D eigenvalue weighted by Crippen LogP contribution is -2.54. The predicted octanol–water partition coefficient (Wildman–Crippen LogP) is 4.03. The monoisotopic (exact) mass is 611 g/mol. The van der Waals surface area contributed by atoms with Crippen LogP contribution in [0.4, 0.5) is 5.69 Å². The number of carbonyl (C=O) groups is 2. The molecule has 2 amide bonds. The van der Waals surface area contributed by atoms with Gasteiger partial charge in [-0.3, -0.25) is 13.9 Å². The smallest absolute Gasteiger partial charge is 0.244 e. The Bertz CT molecular complexity index is 1480. The molecule has 0 aromatic heterocycles. The van der Waals surface area contributed by atoms with Gasteiger partial charge in [0.2, 0.25) is 21.8 Å². The lowest BCUT2D eigenvalue weighted by atomic mass is 10.0. The first-order valence-corrected chi connectivity index (χ1v) is 15.8. The molecule has 0 spiro atoms. The maximum Gasteiger partial charge on any atom is 0.244 e. The van der Waals surface area contributed by atoms with Crippen LogP contribution >= 0.6 is 0 Å². The van der Waals surface area contributed by atoms with Crippen molar-refractivity contribution < 1.29 is 32.2 Å². The summed E-state index contributed by atoms with van der Waals surface area (Å²) in [6, 6.07) is 20.2. The molecule has 3 aromatic carbocycles. The normalized spacial score (nSPS) is 12.5. The van der Waals surface area contributed by atoms with E-state index in [1.165, 1.54) is 25.2 Å². The van der Waals surface area contributed by atoms with Crippen molar-refractivity contribution in [1.82, 2.24) is 10.2 Å². The second-order valence-electron chi connectivity index (χ2n) is 10.2. The van der Waals surface area contributed by atoms with Crippen molar-refractivity contribution in [3.05, 3.63) is 83.9 Å². The summed E-state index contributed by atoms with van der Waals surface area (Å²) in [6.45, 7) is 3.34. The van der Waals surface area contributed by atoms with Crippen LogP contribution in [0.5, 0.6) is 17.2 Å². The summed E-state index contributed by atoms with van der Waals surface area (Å²) in [7, 11) is 0.476. The summed E-state index contributed by atoms with van der Waals surface area (Å²) in [5.74, 6) is 0.375. The zero-order chi connectivity index (χ0) is 31.6. The van der Waals surface area contributed by atoms with Crippen LogP contribution in [0.2, 0.25) is 0 Å². The molecule has 10 nitrogen and oxygen atoms in total. The van der Waals surface area contributed by atoms with Crippen molar-refractivity contribution in [2.75, 3.05) is 38.4 Å². The molecule has 43 heavy (non-hydrogen) atoms. The molecule has 0 fully saturated rings. The van der Waals surface area contributed by atoms with E-state index in [0.717, 1.165) is 21.7 Å². The van der Waals surface area contributed by atoms with Gasteiger partial charge in [-0.25, -0.2) is 8.42 Å².